The summed E-state index contributed by atoms with van der Waals surface area (Å²) < 4.78 is 16.3. The van der Waals surface area contributed by atoms with Crippen molar-refractivity contribution in [1.29, 1.82) is 0 Å². The molecule has 1 aliphatic rings. The standard InChI is InChI=1S/C22H24ClNO5/c1-3-27-18-10-9-17(13-19(18)28-4-2)24-20(25)14-29-21(26)22(11-12-22)15-5-7-16(23)8-6-15/h5-10,13H,3-4,11-12,14H2,1-2H3,(H,24,25). The molecule has 0 unspecified atom stereocenters. The molecule has 7 heteroatoms. The van der Waals surface area contributed by atoms with Gasteiger partial charge in [0.25, 0.3) is 5.91 Å². The maximum absolute atomic E-state index is 12.6. The van der Waals surface area contributed by atoms with E-state index < -0.39 is 17.3 Å². The molecule has 2 aromatic rings. The molecule has 0 atom stereocenters. The Balaban J connectivity index is 1.58. The molecule has 0 spiro atoms. The molecule has 0 radical (unpaired) electrons. The normalized spacial score (nSPS) is 14.0. The number of nitrogens with one attached hydrogen (secondary N) is 1. The molecule has 1 saturated carbocycles. The third kappa shape index (κ3) is 5.01. The minimum atomic E-state index is -0.661. The number of anilines is 1. The summed E-state index contributed by atoms with van der Waals surface area (Å²) in [5, 5.41) is 3.33. The number of hydrogen-bond acceptors (Lipinski definition) is 5. The lowest BCUT2D eigenvalue weighted by Gasteiger charge is -2.15. The number of halogens is 1. The second-order valence-electron chi connectivity index (χ2n) is 6.74. The van der Waals surface area contributed by atoms with Gasteiger partial charge in [-0.2, -0.15) is 0 Å². The monoisotopic (exact) mass is 417 g/mol. The molecule has 0 saturated heterocycles. The first-order chi connectivity index (χ1) is 14.0. The van der Waals surface area contributed by atoms with Gasteiger partial charge in [0.15, 0.2) is 18.1 Å². The Hall–Kier alpha value is -2.73. The number of benzene rings is 2. The molecule has 0 aromatic heterocycles. The third-order valence-electron chi connectivity index (χ3n) is 4.70. The van der Waals surface area contributed by atoms with E-state index in [-0.39, 0.29) is 6.61 Å². The van der Waals surface area contributed by atoms with Gasteiger partial charge in [-0.05, 0) is 56.5 Å². The van der Waals surface area contributed by atoms with Crippen LogP contribution in [0.15, 0.2) is 42.5 Å². The zero-order valence-corrected chi connectivity index (χ0v) is 17.3. The Morgan fingerprint density at radius 3 is 2.28 bits per heavy atom. The van der Waals surface area contributed by atoms with E-state index in [1.807, 2.05) is 26.0 Å². The SMILES string of the molecule is CCOc1ccc(NC(=O)COC(=O)C2(c3ccc(Cl)cc3)CC2)cc1OCC. The van der Waals surface area contributed by atoms with E-state index in [1.165, 1.54) is 0 Å². The van der Waals surface area contributed by atoms with Crippen LogP contribution in [0.3, 0.4) is 0 Å². The Morgan fingerprint density at radius 2 is 1.66 bits per heavy atom. The first-order valence-electron chi connectivity index (χ1n) is 9.61. The lowest BCUT2D eigenvalue weighted by molar-refractivity contribution is -0.150. The third-order valence-corrected chi connectivity index (χ3v) is 4.95. The average Bonchev–Trinajstić information content (AvgIpc) is 3.51. The number of rotatable bonds is 9. The first kappa shape index (κ1) is 21.0. The molecule has 1 N–H and O–H groups in total. The molecule has 29 heavy (non-hydrogen) atoms. The Kier molecular flexibility index (Phi) is 6.64. The number of amides is 1. The van der Waals surface area contributed by atoms with Crippen molar-refractivity contribution >= 4 is 29.2 Å². The van der Waals surface area contributed by atoms with Gasteiger partial charge in [0.1, 0.15) is 0 Å². The average molecular weight is 418 g/mol. The molecule has 0 heterocycles. The van der Waals surface area contributed by atoms with Crippen LogP contribution in [0.1, 0.15) is 32.3 Å². The van der Waals surface area contributed by atoms with Crippen molar-refractivity contribution < 1.29 is 23.8 Å². The van der Waals surface area contributed by atoms with E-state index in [2.05, 4.69) is 5.32 Å². The zero-order chi connectivity index (χ0) is 20.9. The summed E-state index contributed by atoms with van der Waals surface area (Å²) in [6, 6.07) is 12.3. The van der Waals surface area contributed by atoms with Crippen LogP contribution in [0, 0.1) is 0 Å². The van der Waals surface area contributed by atoms with Gasteiger partial charge < -0.3 is 19.5 Å². The molecule has 154 valence electrons. The predicted molar refractivity (Wildman–Crippen MR) is 111 cm³/mol. The van der Waals surface area contributed by atoms with Crippen molar-refractivity contribution in [3.8, 4) is 11.5 Å². The van der Waals surface area contributed by atoms with Crippen LogP contribution in [0.5, 0.6) is 11.5 Å². The maximum atomic E-state index is 12.6. The minimum absolute atomic E-state index is 0.356. The van der Waals surface area contributed by atoms with Crippen molar-refractivity contribution in [3.05, 3.63) is 53.1 Å². The van der Waals surface area contributed by atoms with Crippen LogP contribution in [0.2, 0.25) is 5.02 Å². The molecule has 1 aliphatic carbocycles. The topological polar surface area (TPSA) is 73.9 Å². The maximum Gasteiger partial charge on any atom is 0.317 e. The highest BCUT2D eigenvalue weighted by Gasteiger charge is 2.52. The fourth-order valence-electron chi connectivity index (χ4n) is 3.10. The molecule has 1 fully saturated rings. The van der Waals surface area contributed by atoms with Crippen molar-refractivity contribution in [2.45, 2.75) is 32.1 Å². The van der Waals surface area contributed by atoms with Crippen molar-refractivity contribution in [2.75, 3.05) is 25.1 Å². The van der Waals surface area contributed by atoms with Gasteiger partial charge in [0.2, 0.25) is 0 Å². The van der Waals surface area contributed by atoms with Gasteiger partial charge in [0.05, 0.1) is 18.6 Å². The van der Waals surface area contributed by atoms with Gasteiger partial charge in [-0.15, -0.1) is 0 Å². The Labute approximate surface area is 175 Å². The van der Waals surface area contributed by atoms with Gasteiger partial charge >= 0.3 is 5.97 Å². The first-order valence-corrected chi connectivity index (χ1v) is 9.99. The van der Waals surface area contributed by atoms with Gasteiger partial charge in [-0.3, -0.25) is 9.59 Å². The summed E-state index contributed by atoms with van der Waals surface area (Å²) >= 11 is 5.91. The number of hydrogen-bond donors (Lipinski definition) is 1. The molecule has 1 amide bonds. The lowest BCUT2D eigenvalue weighted by Crippen LogP contribution is -2.28. The molecule has 3 rings (SSSR count). The van der Waals surface area contributed by atoms with Gasteiger partial charge in [-0.1, -0.05) is 23.7 Å². The smallest absolute Gasteiger partial charge is 0.317 e. The molecule has 6 nitrogen and oxygen atoms in total. The van der Waals surface area contributed by atoms with E-state index in [1.54, 1.807) is 30.3 Å². The summed E-state index contributed by atoms with van der Waals surface area (Å²) in [6.07, 6.45) is 1.40. The highest BCUT2D eigenvalue weighted by atomic mass is 35.5. The fourth-order valence-corrected chi connectivity index (χ4v) is 3.23. The van der Waals surface area contributed by atoms with Gasteiger partial charge in [0, 0.05) is 16.8 Å². The predicted octanol–water partition coefficient (Wildman–Crippen LogP) is 4.35. The summed E-state index contributed by atoms with van der Waals surface area (Å²) in [4.78, 5) is 24.8. The van der Waals surface area contributed by atoms with E-state index in [9.17, 15) is 9.59 Å². The van der Waals surface area contributed by atoms with E-state index >= 15 is 0 Å². The molecular formula is C22H24ClNO5. The van der Waals surface area contributed by atoms with Crippen LogP contribution >= 0.6 is 11.6 Å². The Bertz CT molecular complexity index is 877. The van der Waals surface area contributed by atoms with E-state index in [4.69, 9.17) is 25.8 Å². The quantitative estimate of drug-likeness (QED) is 0.614. The Morgan fingerprint density at radius 1 is 1.00 bits per heavy atom. The minimum Gasteiger partial charge on any atom is -0.490 e. The largest absolute Gasteiger partial charge is 0.490 e. The summed E-state index contributed by atoms with van der Waals surface area (Å²) in [5.74, 6) is 0.342. The van der Waals surface area contributed by atoms with Crippen LogP contribution in [-0.4, -0.2) is 31.7 Å². The summed E-state index contributed by atoms with van der Waals surface area (Å²) in [7, 11) is 0. The van der Waals surface area contributed by atoms with E-state index in [0.29, 0.717) is 48.3 Å². The van der Waals surface area contributed by atoms with Crippen molar-refractivity contribution in [2.24, 2.45) is 0 Å². The fraction of sp³-hybridized carbons (Fsp3) is 0.364. The number of carbonyl (C=O) groups excluding carboxylic acids is 2. The van der Waals surface area contributed by atoms with Crippen molar-refractivity contribution in [1.82, 2.24) is 0 Å². The second kappa shape index (κ2) is 9.18. The molecular weight excluding hydrogens is 394 g/mol. The van der Waals surface area contributed by atoms with E-state index in [0.717, 1.165) is 5.56 Å². The zero-order valence-electron chi connectivity index (χ0n) is 16.5. The lowest BCUT2D eigenvalue weighted by atomic mass is 9.96. The highest BCUT2D eigenvalue weighted by Crippen LogP contribution is 2.49. The van der Waals surface area contributed by atoms with Gasteiger partial charge in [-0.25, -0.2) is 0 Å². The second-order valence-corrected chi connectivity index (χ2v) is 7.18. The molecule has 0 aliphatic heterocycles. The molecule has 0 bridgehead atoms. The van der Waals surface area contributed by atoms with Crippen molar-refractivity contribution in [3.63, 3.8) is 0 Å². The summed E-state index contributed by atoms with van der Waals surface area (Å²) in [6.45, 7) is 4.38. The highest BCUT2D eigenvalue weighted by molar-refractivity contribution is 6.30. The van der Waals surface area contributed by atoms with Crippen LogP contribution in [-0.2, 0) is 19.7 Å². The number of esters is 1. The number of carbonyl (C=O) groups is 2. The summed E-state index contributed by atoms with van der Waals surface area (Å²) in [5.41, 5.74) is 0.739. The van der Waals surface area contributed by atoms with Crippen LogP contribution < -0.4 is 14.8 Å². The number of ether oxygens (including phenoxy) is 3. The molecule has 2 aromatic carbocycles. The van der Waals surface area contributed by atoms with Crippen LogP contribution in [0.25, 0.3) is 0 Å². The van der Waals surface area contributed by atoms with Crippen LogP contribution in [0.4, 0.5) is 5.69 Å².